The molecule has 0 saturated carbocycles. The number of aryl methyl sites for hydroxylation is 1. The summed E-state index contributed by atoms with van der Waals surface area (Å²) in [4.78, 5) is 3.83. The number of nitrogens with zero attached hydrogens (tertiary/aromatic N) is 2. The molecule has 0 atom stereocenters. The summed E-state index contributed by atoms with van der Waals surface area (Å²) in [6.07, 6.45) is 2.57. The predicted octanol–water partition coefficient (Wildman–Crippen LogP) is 3.17. The van der Waals surface area contributed by atoms with E-state index in [4.69, 9.17) is 4.74 Å². The molecule has 0 amide bonds. The van der Waals surface area contributed by atoms with Gasteiger partial charge in [0.15, 0.2) is 5.82 Å². The fourth-order valence-corrected chi connectivity index (χ4v) is 1.49. The van der Waals surface area contributed by atoms with E-state index in [0.29, 0.717) is 5.75 Å². The quantitative estimate of drug-likeness (QED) is 0.818. The SMILES string of the molecule is Cc1cccc(OCc2nccn2C(F)F)c1. The van der Waals surface area contributed by atoms with E-state index in [0.717, 1.165) is 10.1 Å². The number of ether oxygens (including phenoxy) is 1. The predicted molar refractivity (Wildman–Crippen MR) is 59.0 cm³/mol. The Hall–Kier alpha value is -1.91. The molecule has 17 heavy (non-hydrogen) atoms. The van der Waals surface area contributed by atoms with Crippen LogP contribution in [0.15, 0.2) is 36.7 Å². The van der Waals surface area contributed by atoms with Crippen LogP contribution in [0.5, 0.6) is 5.75 Å². The molecule has 2 rings (SSSR count). The van der Waals surface area contributed by atoms with E-state index in [1.807, 2.05) is 25.1 Å². The zero-order valence-corrected chi connectivity index (χ0v) is 9.31. The Morgan fingerprint density at radius 3 is 2.94 bits per heavy atom. The van der Waals surface area contributed by atoms with E-state index in [9.17, 15) is 8.78 Å². The average molecular weight is 238 g/mol. The van der Waals surface area contributed by atoms with Gasteiger partial charge in [-0.15, -0.1) is 0 Å². The summed E-state index contributed by atoms with van der Waals surface area (Å²) in [5.41, 5.74) is 1.06. The van der Waals surface area contributed by atoms with Crippen LogP contribution >= 0.6 is 0 Å². The first-order chi connectivity index (χ1) is 8.16. The molecule has 0 aliphatic rings. The molecule has 0 fully saturated rings. The number of halogens is 2. The summed E-state index contributed by atoms with van der Waals surface area (Å²) in [6.45, 7) is -0.623. The second kappa shape index (κ2) is 4.95. The molecule has 5 heteroatoms. The van der Waals surface area contributed by atoms with Crippen LogP contribution in [-0.2, 0) is 6.61 Å². The van der Waals surface area contributed by atoms with Gasteiger partial charge in [-0.25, -0.2) is 4.98 Å². The van der Waals surface area contributed by atoms with Crippen LogP contribution in [0.3, 0.4) is 0 Å². The highest BCUT2D eigenvalue weighted by Gasteiger charge is 2.11. The van der Waals surface area contributed by atoms with Crippen LogP contribution < -0.4 is 4.74 Å². The van der Waals surface area contributed by atoms with Gasteiger partial charge in [0.25, 0.3) is 0 Å². The number of alkyl halides is 2. The highest BCUT2D eigenvalue weighted by molar-refractivity contribution is 5.27. The van der Waals surface area contributed by atoms with Gasteiger partial charge in [-0.2, -0.15) is 8.78 Å². The number of aromatic nitrogens is 2. The maximum Gasteiger partial charge on any atom is 0.320 e. The minimum Gasteiger partial charge on any atom is -0.486 e. The highest BCUT2D eigenvalue weighted by atomic mass is 19.3. The highest BCUT2D eigenvalue weighted by Crippen LogP contribution is 2.16. The van der Waals surface area contributed by atoms with Crippen molar-refractivity contribution in [1.82, 2.24) is 9.55 Å². The second-order valence-corrected chi connectivity index (χ2v) is 3.63. The maximum absolute atomic E-state index is 12.5. The van der Waals surface area contributed by atoms with Crippen molar-refractivity contribution in [2.45, 2.75) is 20.1 Å². The maximum atomic E-state index is 12.5. The van der Waals surface area contributed by atoms with Crippen molar-refractivity contribution in [3.05, 3.63) is 48.0 Å². The number of rotatable bonds is 4. The van der Waals surface area contributed by atoms with Crippen molar-refractivity contribution in [2.75, 3.05) is 0 Å². The summed E-state index contributed by atoms with van der Waals surface area (Å²) in [5, 5.41) is 0. The largest absolute Gasteiger partial charge is 0.486 e. The van der Waals surface area contributed by atoms with E-state index in [2.05, 4.69) is 4.98 Å². The molecule has 0 aliphatic heterocycles. The molecule has 1 aromatic carbocycles. The molecule has 1 aromatic heterocycles. The van der Waals surface area contributed by atoms with Crippen molar-refractivity contribution in [3.8, 4) is 5.75 Å². The third-order valence-electron chi connectivity index (χ3n) is 2.32. The second-order valence-electron chi connectivity index (χ2n) is 3.63. The number of hydrogen-bond acceptors (Lipinski definition) is 2. The summed E-state index contributed by atoms with van der Waals surface area (Å²) in [5.74, 6) is 0.857. The standard InChI is InChI=1S/C12H12F2N2O/c1-9-3-2-4-10(7-9)17-8-11-15-5-6-16(11)12(13)14/h2-7,12H,8H2,1H3. The van der Waals surface area contributed by atoms with Crippen molar-refractivity contribution in [2.24, 2.45) is 0 Å². The third kappa shape index (κ3) is 2.81. The van der Waals surface area contributed by atoms with Crippen molar-refractivity contribution in [1.29, 1.82) is 0 Å². The molecule has 90 valence electrons. The van der Waals surface area contributed by atoms with Crippen LogP contribution in [0.1, 0.15) is 17.9 Å². The summed E-state index contributed by atoms with van der Waals surface area (Å²) >= 11 is 0. The van der Waals surface area contributed by atoms with E-state index in [1.54, 1.807) is 6.07 Å². The van der Waals surface area contributed by atoms with Gasteiger partial charge < -0.3 is 4.74 Å². The first kappa shape index (κ1) is 11.6. The molecule has 0 bridgehead atoms. The first-order valence-electron chi connectivity index (χ1n) is 5.16. The lowest BCUT2D eigenvalue weighted by atomic mass is 10.2. The van der Waals surface area contributed by atoms with Crippen LogP contribution in [0, 0.1) is 6.92 Å². The molecule has 1 heterocycles. The Labute approximate surface area is 97.7 Å². The van der Waals surface area contributed by atoms with Crippen LogP contribution in [0.25, 0.3) is 0 Å². The van der Waals surface area contributed by atoms with Crippen molar-refractivity contribution in [3.63, 3.8) is 0 Å². The lowest BCUT2D eigenvalue weighted by Gasteiger charge is -2.08. The zero-order valence-electron chi connectivity index (χ0n) is 9.31. The van der Waals surface area contributed by atoms with Gasteiger partial charge in [-0.3, -0.25) is 4.57 Å². The summed E-state index contributed by atoms with van der Waals surface area (Å²) in [7, 11) is 0. The third-order valence-corrected chi connectivity index (χ3v) is 2.32. The Morgan fingerprint density at radius 2 is 2.24 bits per heavy atom. The summed E-state index contributed by atoms with van der Waals surface area (Å²) < 4.78 is 31.2. The molecule has 3 nitrogen and oxygen atoms in total. The Bertz CT molecular complexity index is 497. The molecular formula is C12H12F2N2O. The topological polar surface area (TPSA) is 27.1 Å². The Morgan fingerprint density at radius 1 is 1.41 bits per heavy atom. The van der Waals surface area contributed by atoms with Crippen LogP contribution in [0.2, 0.25) is 0 Å². The van der Waals surface area contributed by atoms with Crippen LogP contribution in [-0.4, -0.2) is 9.55 Å². The zero-order chi connectivity index (χ0) is 12.3. The van der Waals surface area contributed by atoms with Gasteiger partial charge in [0.1, 0.15) is 12.4 Å². The number of benzene rings is 1. The minimum atomic E-state index is -2.59. The van der Waals surface area contributed by atoms with Crippen LogP contribution in [0.4, 0.5) is 8.78 Å². The number of imidazole rings is 1. The van der Waals surface area contributed by atoms with Gasteiger partial charge in [0, 0.05) is 12.4 Å². The van der Waals surface area contributed by atoms with Gasteiger partial charge in [-0.1, -0.05) is 12.1 Å². The van der Waals surface area contributed by atoms with E-state index in [1.165, 1.54) is 12.4 Å². The fourth-order valence-electron chi connectivity index (χ4n) is 1.49. The van der Waals surface area contributed by atoms with E-state index >= 15 is 0 Å². The lowest BCUT2D eigenvalue weighted by Crippen LogP contribution is -2.07. The molecule has 2 aromatic rings. The van der Waals surface area contributed by atoms with Gasteiger partial charge in [-0.05, 0) is 24.6 Å². The average Bonchev–Trinajstić information content (AvgIpc) is 2.74. The normalized spacial score (nSPS) is 10.8. The molecule has 0 spiro atoms. The number of hydrogen-bond donors (Lipinski definition) is 0. The van der Waals surface area contributed by atoms with E-state index < -0.39 is 6.55 Å². The Kier molecular flexibility index (Phi) is 3.37. The Balaban J connectivity index is 2.05. The first-order valence-corrected chi connectivity index (χ1v) is 5.16. The fraction of sp³-hybridized carbons (Fsp3) is 0.250. The smallest absolute Gasteiger partial charge is 0.320 e. The minimum absolute atomic E-state index is 0.0286. The van der Waals surface area contributed by atoms with Gasteiger partial charge in [0.2, 0.25) is 0 Å². The molecule has 0 radical (unpaired) electrons. The molecule has 0 saturated heterocycles. The molecular weight excluding hydrogens is 226 g/mol. The lowest BCUT2D eigenvalue weighted by molar-refractivity contribution is 0.0632. The molecule has 0 N–H and O–H groups in total. The molecule has 0 unspecified atom stereocenters. The summed E-state index contributed by atoms with van der Waals surface area (Å²) in [6, 6.07) is 7.41. The van der Waals surface area contributed by atoms with Gasteiger partial charge >= 0.3 is 6.55 Å². The van der Waals surface area contributed by atoms with Gasteiger partial charge in [0.05, 0.1) is 0 Å². The van der Waals surface area contributed by atoms with E-state index in [-0.39, 0.29) is 12.4 Å². The molecule has 0 aliphatic carbocycles. The van der Waals surface area contributed by atoms with Crippen molar-refractivity contribution < 1.29 is 13.5 Å². The van der Waals surface area contributed by atoms with Crippen molar-refractivity contribution >= 4 is 0 Å². The monoisotopic (exact) mass is 238 g/mol.